The molecule has 0 atom stereocenters. The van der Waals surface area contributed by atoms with Crippen LogP contribution in [0.4, 0.5) is 5.69 Å². The summed E-state index contributed by atoms with van der Waals surface area (Å²) in [6.45, 7) is 2.06. The van der Waals surface area contributed by atoms with Crippen LogP contribution < -0.4 is 16.4 Å². The topological polar surface area (TPSA) is 80.0 Å². The molecule has 1 spiro atoms. The second-order valence-electron chi connectivity index (χ2n) is 5.82. The number of nitrogens with two attached hydrogens (primary N) is 2. The SMILES string of the molecule is Cc1c(Br)ccc(N2C(N)=NC(N)=NC23CCCCC3)c1Br. The van der Waals surface area contributed by atoms with Gasteiger partial charge in [0.05, 0.1) is 5.69 Å². The number of aliphatic imine (C=N–C) groups is 2. The Morgan fingerprint density at radius 2 is 1.82 bits per heavy atom. The van der Waals surface area contributed by atoms with Gasteiger partial charge in [0.15, 0.2) is 0 Å². The first-order chi connectivity index (χ1) is 10.4. The Balaban J connectivity index is 2.14. The van der Waals surface area contributed by atoms with Gasteiger partial charge in [0.2, 0.25) is 11.9 Å². The molecule has 1 heterocycles. The molecule has 4 N–H and O–H groups in total. The Bertz CT molecular complexity index is 662. The van der Waals surface area contributed by atoms with E-state index in [1.807, 2.05) is 17.0 Å². The van der Waals surface area contributed by atoms with E-state index in [4.69, 9.17) is 16.5 Å². The summed E-state index contributed by atoms with van der Waals surface area (Å²) in [7, 11) is 0. The van der Waals surface area contributed by atoms with Crippen molar-refractivity contribution in [2.75, 3.05) is 4.90 Å². The molecule has 2 aliphatic rings. The lowest BCUT2D eigenvalue weighted by Gasteiger charge is -2.46. The van der Waals surface area contributed by atoms with Crippen LogP contribution in [0.3, 0.4) is 0 Å². The van der Waals surface area contributed by atoms with E-state index >= 15 is 0 Å². The number of guanidine groups is 2. The summed E-state index contributed by atoms with van der Waals surface area (Å²) in [6, 6.07) is 4.07. The third-order valence-electron chi connectivity index (χ3n) is 4.39. The minimum Gasteiger partial charge on any atom is -0.369 e. The molecule has 0 saturated heterocycles. The fraction of sp³-hybridized carbons (Fsp3) is 0.467. The van der Waals surface area contributed by atoms with Gasteiger partial charge in [-0.25, -0.2) is 4.99 Å². The predicted molar refractivity (Wildman–Crippen MR) is 98.1 cm³/mol. The van der Waals surface area contributed by atoms with E-state index in [0.717, 1.165) is 45.9 Å². The number of anilines is 1. The molecule has 22 heavy (non-hydrogen) atoms. The molecule has 1 fully saturated rings. The van der Waals surface area contributed by atoms with E-state index in [2.05, 4.69) is 43.8 Å². The zero-order valence-electron chi connectivity index (χ0n) is 12.4. The van der Waals surface area contributed by atoms with Crippen LogP contribution in [0.25, 0.3) is 0 Å². The van der Waals surface area contributed by atoms with Crippen molar-refractivity contribution in [2.45, 2.75) is 44.7 Å². The molecule has 7 heteroatoms. The van der Waals surface area contributed by atoms with Crippen molar-refractivity contribution >= 4 is 49.5 Å². The number of halogens is 2. The van der Waals surface area contributed by atoms with Gasteiger partial charge in [-0.3, -0.25) is 4.90 Å². The first kappa shape index (κ1) is 15.8. The lowest BCUT2D eigenvalue weighted by molar-refractivity contribution is 0.305. The largest absolute Gasteiger partial charge is 0.369 e. The van der Waals surface area contributed by atoms with Gasteiger partial charge in [-0.2, -0.15) is 4.99 Å². The third kappa shape index (κ3) is 2.54. The summed E-state index contributed by atoms with van der Waals surface area (Å²) in [5.41, 5.74) is 13.9. The number of nitrogens with zero attached hydrogens (tertiary/aromatic N) is 3. The molecule has 1 aromatic rings. The highest BCUT2D eigenvalue weighted by molar-refractivity contribution is 9.11. The van der Waals surface area contributed by atoms with Gasteiger partial charge in [-0.05, 0) is 66.2 Å². The lowest BCUT2D eigenvalue weighted by atomic mass is 9.87. The van der Waals surface area contributed by atoms with Crippen molar-refractivity contribution in [2.24, 2.45) is 21.5 Å². The monoisotopic (exact) mass is 427 g/mol. The fourth-order valence-electron chi connectivity index (χ4n) is 3.29. The Kier molecular flexibility index (Phi) is 4.20. The molecule has 3 rings (SSSR count). The molecule has 118 valence electrons. The quantitative estimate of drug-likeness (QED) is 0.716. The minimum atomic E-state index is -0.406. The first-order valence-corrected chi connectivity index (χ1v) is 8.97. The highest BCUT2D eigenvalue weighted by Gasteiger charge is 2.43. The van der Waals surface area contributed by atoms with Crippen LogP contribution in [-0.2, 0) is 0 Å². The zero-order chi connectivity index (χ0) is 15.9. The third-order valence-corrected chi connectivity index (χ3v) is 6.25. The van der Waals surface area contributed by atoms with Crippen molar-refractivity contribution in [3.8, 4) is 0 Å². The van der Waals surface area contributed by atoms with Gasteiger partial charge >= 0.3 is 0 Å². The molecular weight excluding hydrogens is 410 g/mol. The van der Waals surface area contributed by atoms with Gasteiger partial charge < -0.3 is 11.5 Å². The van der Waals surface area contributed by atoms with Gasteiger partial charge in [0.25, 0.3) is 0 Å². The Hall–Kier alpha value is -1.08. The van der Waals surface area contributed by atoms with Crippen LogP contribution in [0, 0.1) is 6.92 Å². The summed E-state index contributed by atoms with van der Waals surface area (Å²) >= 11 is 7.26. The number of rotatable bonds is 1. The molecule has 1 aliphatic heterocycles. The van der Waals surface area contributed by atoms with Gasteiger partial charge in [-0.1, -0.05) is 22.4 Å². The van der Waals surface area contributed by atoms with Crippen LogP contribution in [0.2, 0.25) is 0 Å². The summed E-state index contributed by atoms with van der Waals surface area (Å²) in [6.07, 6.45) is 5.33. The van der Waals surface area contributed by atoms with E-state index in [9.17, 15) is 0 Å². The molecular formula is C15H19Br2N5. The van der Waals surface area contributed by atoms with Gasteiger partial charge in [0.1, 0.15) is 5.66 Å². The molecule has 5 nitrogen and oxygen atoms in total. The van der Waals surface area contributed by atoms with Crippen molar-refractivity contribution < 1.29 is 0 Å². The van der Waals surface area contributed by atoms with Crippen LogP contribution in [0.15, 0.2) is 31.1 Å². The van der Waals surface area contributed by atoms with Crippen LogP contribution in [-0.4, -0.2) is 17.6 Å². The summed E-state index contributed by atoms with van der Waals surface area (Å²) < 4.78 is 2.05. The fourth-order valence-corrected chi connectivity index (χ4v) is 4.41. The van der Waals surface area contributed by atoms with Crippen LogP contribution in [0.5, 0.6) is 0 Å². The first-order valence-electron chi connectivity index (χ1n) is 7.39. The molecule has 0 unspecified atom stereocenters. The van der Waals surface area contributed by atoms with E-state index < -0.39 is 5.66 Å². The minimum absolute atomic E-state index is 0.278. The molecule has 1 aliphatic carbocycles. The summed E-state index contributed by atoms with van der Waals surface area (Å²) in [5.74, 6) is 0.692. The normalized spacial score (nSPS) is 20.8. The summed E-state index contributed by atoms with van der Waals surface area (Å²) in [5, 5.41) is 0. The maximum absolute atomic E-state index is 6.25. The average Bonchev–Trinajstić information content (AvgIpc) is 2.47. The lowest BCUT2D eigenvalue weighted by Crippen LogP contribution is -2.58. The highest BCUT2D eigenvalue weighted by atomic mass is 79.9. The molecule has 1 saturated carbocycles. The van der Waals surface area contributed by atoms with Crippen molar-refractivity contribution in [1.29, 1.82) is 0 Å². The average molecular weight is 429 g/mol. The maximum Gasteiger partial charge on any atom is 0.220 e. The molecule has 0 bridgehead atoms. The number of benzene rings is 1. The second kappa shape index (κ2) is 5.85. The predicted octanol–water partition coefficient (Wildman–Crippen LogP) is 3.63. The summed E-state index contributed by atoms with van der Waals surface area (Å²) in [4.78, 5) is 10.9. The van der Waals surface area contributed by atoms with Gasteiger partial charge in [-0.15, -0.1) is 0 Å². The number of hydrogen-bond donors (Lipinski definition) is 2. The van der Waals surface area contributed by atoms with E-state index in [-0.39, 0.29) is 5.96 Å². The van der Waals surface area contributed by atoms with Crippen molar-refractivity contribution in [1.82, 2.24) is 0 Å². The second-order valence-corrected chi connectivity index (χ2v) is 7.47. The smallest absolute Gasteiger partial charge is 0.220 e. The standard InChI is InChI=1S/C15H19Br2N5/c1-9-10(16)5-6-11(12(9)17)22-14(19)20-13(18)21-15(22)7-3-2-4-8-15/h5-6H,2-4,7-8H2,1H3,(H4,18,19,20,21). The van der Waals surface area contributed by atoms with E-state index in [1.165, 1.54) is 6.42 Å². The zero-order valence-corrected chi connectivity index (χ0v) is 15.6. The van der Waals surface area contributed by atoms with Crippen molar-refractivity contribution in [3.05, 3.63) is 26.6 Å². The van der Waals surface area contributed by atoms with Gasteiger partial charge in [0, 0.05) is 8.95 Å². The Morgan fingerprint density at radius 1 is 1.14 bits per heavy atom. The van der Waals surface area contributed by atoms with Crippen molar-refractivity contribution in [3.63, 3.8) is 0 Å². The van der Waals surface area contributed by atoms with E-state index in [1.54, 1.807) is 0 Å². The Morgan fingerprint density at radius 3 is 2.50 bits per heavy atom. The van der Waals surface area contributed by atoms with E-state index in [0.29, 0.717) is 5.96 Å². The molecule has 0 amide bonds. The van der Waals surface area contributed by atoms with Crippen LogP contribution in [0.1, 0.15) is 37.7 Å². The molecule has 1 aromatic carbocycles. The highest BCUT2D eigenvalue weighted by Crippen LogP contribution is 2.43. The molecule has 0 radical (unpaired) electrons. The number of hydrogen-bond acceptors (Lipinski definition) is 5. The maximum atomic E-state index is 6.25. The van der Waals surface area contributed by atoms with Crippen LogP contribution >= 0.6 is 31.9 Å². The molecule has 0 aromatic heterocycles. The Labute approximate surface area is 147 Å².